The van der Waals surface area contributed by atoms with Crippen molar-refractivity contribution in [1.29, 1.82) is 0 Å². The summed E-state index contributed by atoms with van der Waals surface area (Å²) >= 11 is 0. The molecule has 3 aromatic rings. The van der Waals surface area contributed by atoms with E-state index in [1.807, 2.05) is 24.3 Å². The second-order valence-electron chi connectivity index (χ2n) is 10.0. The third-order valence-electron chi connectivity index (χ3n) is 6.77. The summed E-state index contributed by atoms with van der Waals surface area (Å²) < 4.78 is 41.5. The summed E-state index contributed by atoms with van der Waals surface area (Å²) in [5.41, 5.74) is 1.49. The molecular formula is C30H40O7. The Hall–Kier alpha value is -2.64. The second kappa shape index (κ2) is 12.7. The fourth-order valence-corrected chi connectivity index (χ4v) is 4.36. The standard InChI is InChI=1S/C30H40O7/c1-3-5-7-9-11-31-27-13-23-24-14-28(32-12-10-8-6-4-2)30(36-20-22-18-34-22)16-26(24)37-25(23)15-29(27)35-19-21-17-33-21/h13-16,21-22H,3-12,17-20H2,1-2H3. The first kappa shape index (κ1) is 26.0. The van der Waals surface area contributed by atoms with Crippen molar-refractivity contribution in [1.82, 2.24) is 0 Å². The van der Waals surface area contributed by atoms with Crippen molar-refractivity contribution in [2.24, 2.45) is 0 Å². The van der Waals surface area contributed by atoms with E-state index < -0.39 is 0 Å². The minimum atomic E-state index is 0.163. The number of ether oxygens (including phenoxy) is 6. The molecule has 37 heavy (non-hydrogen) atoms. The maximum Gasteiger partial charge on any atom is 0.165 e. The van der Waals surface area contributed by atoms with Crippen LogP contribution < -0.4 is 18.9 Å². The molecule has 0 saturated carbocycles. The van der Waals surface area contributed by atoms with Crippen LogP contribution in [0.25, 0.3) is 21.9 Å². The number of epoxide rings is 2. The van der Waals surface area contributed by atoms with E-state index in [-0.39, 0.29) is 12.2 Å². The zero-order chi connectivity index (χ0) is 25.5. The molecule has 2 aliphatic rings. The van der Waals surface area contributed by atoms with Gasteiger partial charge in [-0.25, -0.2) is 0 Å². The van der Waals surface area contributed by atoms with Crippen molar-refractivity contribution in [2.75, 3.05) is 39.6 Å². The summed E-state index contributed by atoms with van der Waals surface area (Å²) in [5.74, 6) is 2.85. The second-order valence-corrected chi connectivity index (χ2v) is 10.0. The van der Waals surface area contributed by atoms with E-state index in [1.165, 1.54) is 25.7 Å². The van der Waals surface area contributed by atoms with Gasteiger partial charge in [0.1, 0.15) is 36.6 Å². The molecule has 2 fully saturated rings. The number of unbranched alkanes of at least 4 members (excludes halogenated alkanes) is 6. The van der Waals surface area contributed by atoms with Gasteiger partial charge in [0, 0.05) is 22.9 Å². The van der Waals surface area contributed by atoms with Gasteiger partial charge in [0.2, 0.25) is 0 Å². The molecule has 3 heterocycles. The molecule has 0 aliphatic carbocycles. The lowest BCUT2D eigenvalue weighted by Gasteiger charge is -2.13. The summed E-state index contributed by atoms with van der Waals surface area (Å²) in [5, 5.41) is 1.95. The average Bonchev–Trinajstić information content (AvgIpc) is 3.84. The fourth-order valence-electron chi connectivity index (χ4n) is 4.36. The highest BCUT2D eigenvalue weighted by molar-refractivity contribution is 6.07. The number of furan rings is 1. The molecule has 0 amide bonds. The normalized spacial score (nSPS) is 18.3. The fraction of sp³-hybridized carbons (Fsp3) is 0.600. The quantitative estimate of drug-likeness (QED) is 0.133. The first-order valence-electron chi connectivity index (χ1n) is 14.0. The van der Waals surface area contributed by atoms with Gasteiger partial charge in [-0.05, 0) is 25.0 Å². The highest BCUT2D eigenvalue weighted by atomic mass is 16.6. The Morgan fingerprint density at radius 2 is 1.03 bits per heavy atom. The molecule has 2 aromatic carbocycles. The molecule has 0 bridgehead atoms. The first-order valence-corrected chi connectivity index (χ1v) is 14.0. The van der Waals surface area contributed by atoms with Gasteiger partial charge in [0.25, 0.3) is 0 Å². The molecule has 5 rings (SSSR count). The number of benzene rings is 2. The predicted octanol–water partition coefficient (Wildman–Crippen LogP) is 7.06. The number of rotatable bonds is 18. The molecule has 0 spiro atoms. The Bertz CT molecular complexity index is 1060. The van der Waals surface area contributed by atoms with Crippen LogP contribution in [0.15, 0.2) is 28.7 Å². The van der Waals surface area contributed by atoms with Gasteiger partial charge in [-0.2, -0.15) is 0 Å². The van der Waals surface area contributed by atoms with Crippen LogP contribution in [0, 0.1) is 0 Å². The molecule has 2 aliphatic heterocycles. The summed E-state index contributed by atoms with van der Waals surface area (Å²) in [6, 6.07) is 7.94. The van der Waals surface area contributed by atoms with Gasteiger partial charge in [-0.15, -0.1) is 0 Å². The largest absolute Gasteiger partial charge is 0.490 e. The third-order valence-corrected chi connectivity index (χ3v) is 6.77. The maximum atomic E-state index is 6.27. The van der Waals surface area contributed by atoms with Gasteiger partial charge in [0.05, 0.1) is 26.4 Å². The predicted molar refractivity (Wildman–Crippen MR) is 143 cm³/mol. The van der Waals surface area contributed by atoms with Crippen molar-refractivity contribution in [2.45, 2.75) is 77.4 Å². The van der Waals surface area contributed by atoms with E-state index in [9.17, 15) is 0 Å². The molecule has 7 heteroatoms. The van der Waals surface area contributed by atoms with Crippen LogP contribution in [0.4, 0.5) is 0 Å². The van der Waals surface area contributed by atoms with Gasteiger partial charge < -0.3 is 32.8 Å². The van der Waals surface area contributed by atoms with E-state index in [1.54, 1.807) is 0 Å². The van der Waals surface area contributed by atoms with E-state index in [2.05, 4.69) is 13.8 Å². The topological polar surface area (TPSA) is 75.1 Å². The molecule has 2 unspecified atom stereocenters. The van der Waals surface area contributed by atoms with Gasteiger partial charge in [0.15, 0.2) is 23.0 Å². The van der Waals surface area contributed by atoms with Crippen LogP contribution in [0.3, 0.4) is 0 Å². The molecular weight excluding hydrogens is 472 g/mol. The lowest BCUT2D eigenvalue weighted by molar-refractivity contribution is 0.239. The Balaban J connectivity index is 1.41. The van der Waals surface area contributed by atoms with Crippen molar-refractivity contribution in [3.63, 3.8) is 0 Å². The molecule has 7 nitrogen and oxygen atoms in total. The number of hydrogen-bond acceptors (Lipinski definition) is 7. The molecule has 0 N–H and O–H groups in total. The lowest BCUT2D eigenvalue weighted by Crippen LogP contribution is -2.06. The summed E-state index contributed by atoms with van der Waals surface area (Å²) in [7, 11) is 0. The van der Waals surface area contributed by atoms with Crippen molar-refractivity contribution in [3.05, 3.63) is 24.3 Å². The Morgan fingerprint density at radius 3 is 1.43 bits per heavy atom. The number of fused-ring (bicyclic) bond motifs is 3. The molecule has 2 atom stereocenters. The van der Waals surface area contributed by atoms with E-state index in [0.29, 0.717) is 37.9 Å². The highest BCUT2D eigenvalue weighted by Crippen LogP contribution is 2.42. The summed E-state index contributed by atoms with van der Waals surface area (Å²) in [6.45, 7) is 8.25. The van der Waals surface area contributed by atoms with Crippen LogP contribution in [-0.2, 0) is 9.47 Å². The monoisotopic (exact) mass is 512 g/mol. The maximum absolute atomic E-state index is 6.27. The molecule has 2 saturated heterocycles. The van der Waals surface area contributed by atoms with Crippen LogP contribution >= 0.6 is 0 Å². The third kappa shape index (κ3) is 7.23. The zero-order valence-corrected chi connectivity index (χ0v) is 22.2. The molecule has 1 aromatic heterocycles. The average molecular weight is 513 g/mol. The Labute approximate surface area is 219 Å². The van der Waals surface area contributed by atoms with Crippen LogP contribution in [0.5, 0.6) is 23.0 Å². The minimum Gasteiger partial charge on any atom is -0.490 e. The Kier molecular flexibility index (Phi) is 8.95. The molecule has 202 valence electrons. The number of hydrogen-bond donors (Lipinski definition) is 0. The SMILES string of the molecule is CCCCCCOc1cc2c(cc1OCC1CO1)oc1cc(OCC3CO3)c(OCCCCCC)cc12. The van der Waals surface area contributed by atoms with Crippen LogP contribution in [0.1, 0.15) is 65.2 Å². The van der Waals surface area contributed by atoms with Crippen molar-refractivity contribution >= 4 is 21.9 Å². The summed E-state index contributed by atoms with van der Waals surface area (Å²) in [4.78, 5) is 0. The lowest BCUT2D eigenvalue weighted by atomic mass is 10.1. The first-order chi connectivity index (χ1) is 18.2. The van der Waals surface area contributed by atoms with Crippen LogP contribution in [-0.4, -0.2) is 51.8 Å². The van der Waals surface area contributed by atoms with Crippen LogP contribution in [0.2, 0.25) is 0 Å². The van der Waals surface area contributed by atoms with Crippen molar-refractivity contribution in [3.8, 4) is 23.0 Å². The van der Waals surface area contributed by atoms with Gasteiger partial charge in [-0.3, -0.25) is 0 Å². The molecule has 0 radical (unpaired) electrons. The summed E-state index contributed by atoms with van der Waals surface area (Å²) in [6.07, 6.45) is 9.52. The van der Waals surface area contributed by atoms with E-state index in [0.717, 1.165) is 72.3 Å². The smallest absolute Gasteiger partial charge is 0.165 e. The van der Waals surface area contributed by atoms with Crippen molar-refractivity contribution < 1.29 is 32.8 Å². The van der Waals surface area contributed by atoms with E-state index in [4.69, 9.17) is 32.8 Å². The Morgan fingerprint density at radius 1 is 0.595 bits per heavy atom. The van der Waals surface area contributed by atoms with E-state index >= 15 is 0 Å². The highest BCUT2D eigenvalue weighted by Gasteiger charge is 2.26. The van der Waals surface area contributed by atoms with Gasteiger partial charge in [-0.1, -0.05) is 52.4 Å². The van der Waals surface area contributed by atoms with Gasteiger partial charge >= 0.3 is 0 Å². The zero-order valence-electron chi connectivity index (χ0n) is 22.2. The minimum absolute atomic E-state index is 0.163.